The molecule has 136 valence electrons. The molecule has 0 spiro atoms. The van der Waals surface area contributed by atoms with Crippen molar-refractivity contribution in [3.05, 3.63) is 18.5 Å². The van der Waals surface area contributed by atoms with E-state index < -0.39 is 5.60 Å². The molecule has 0 fully saturated rings. The number of aliphatic imine (C=N–C) groups is 1. The highest BCUT2D eigenvalue weighted by atomic mass is 16.6. The first kappa shape index (κ1) is 19.8. The third kappa shape index (κ3) is 8.40. The fourth-order valence-electron chi connectivity index (χ4n) is 1.87. The molecule has 1 aromatic rings. The number of likely N-dealkylation sites (N-methyl/N-ethyl adjacent to an activating group) is 1. The van der Waals surface area contributed by atoms with Crippen LogP contribution in [0.15, 0.2) is 23.5 Å². The largest absolute Gasteiger partial charge is 0.444 e. The molecule has 0 bridgehead atoms. The van der Waals surface area contributed by atoms with E-state index in [4.69, 9.17) is 4.74 Å². The highest BCUT2D eigenvalue weighted by Crippen LogP contribution is 2.08. The molecule has 8 heteroatoms. The van der Waals surface area contributed by atoms with Crippen molar-refractivity contribution in [1.82, 2.24) is 25.3 Å². The molecule has 2 N–H and O–H groups in total. The molecule has 1 amide bonds. The quantitative estimate of drug-likeness (QED) is 0.445. The predicted octanol–water partition coefficient (Wildman–Crippen LogP) is 1.31. The van der Waals surface area contributed by atoms with E-state index in [1.807, 2.05) is 37.7 Å². The Kier molecular flexibility index (Phi) is 8.08. The Morgan fingerprint density at radius 1 is 1.33 bits per heavy atom. The van der Waals surface area contributed by atoms with Gasteiger partial charge in [-0.2, -0.15) is 5.10 Å². The summed E-state index contributed by atoms with van der Waals surface area (Å²) in [5.74, 6) is 0.716. The van der Waals surface area contributed by atoms with Gasteiger partial charge in [0.1, 0.15) is 5.60 Å². The zero-order valence-corrected chi connectivity index (χ0v) is 15.4. The number of carbonyl (C=O) groups excluding carboxylic acids is 1. The van der Waals surface area contributed by atoms with E-state index in [0.717, 1.165) is 19.5 Å². The van der Waals surface area contributed by atoms with Gasteiger partial charge in [-0.25, -0.2) is 4.79 Å². The minimum absolute atomic E-state index is 0.327. The van der Waals surface area contributed by atoms with E-state index in [-0.39, 0.29) is 6.09 Å². The molecule has 0 saturated carbocycles. The van der Waals surface area contributed by atoms with Gasteiger partial charge >= 0.3 is 6.09 Å². The third-order valence-corrected chi connectivity index (χ3v) is 3.08. The van der Waals surface area contributed by atoms with Crippen molar-refractivity contribution in [2.75, 3.05) is 33.7 Å². The van der Waals surface area contributed by atoms with Gasteiger partial charge in [0.2, 0.25) is 0 Å². The Hall–Kier alpha value is -2.25. The smallest absolute Gasteiger partial charge is 0.410 e. The number of hydrogen-bond donors (Lipinski definition) is 2. The van der Waals surface area contributed by atoms with Gasteiger partial charge in [0.05, 0.1) is 0 Å². The van der Waals surface area contributed by atoms with Crippen LogP contribution in [0.3, 0.4) is 0 Å². The molecule has 0 aromatic carbocycles. The van der Waals surface area contributed by atoms with E-state index in [9.17, 15) is 4.79 Å². The van der Waals surface area contributed by atoms with Crippen molar-refractivity contribution in [1.29, 1.82) is 0 Å². The molecule has 0 atom stereocenters. The van der Waals surface area contributed by atoms with E-state index in [1.165, 1.54) is 0 Å². The maximum Gasteiger partial charge on any atom is 0.410 e. The van der Waals surface area contributed by atoms with Crippen LogP contribution in [0.5, 0.6) is 0 Å². The Morgan fingerprint density at radius 3 is 2.62 bits per heavy atom. The van der Waals surface area contributed by atoms with Crippen LogP contribution in [0, 0.1) is 0 Å². The number of ether oxygens (including phenoxy) is 1. The minimum Gasteiger partial charge on any atom is -0.444 e. The van der Waals surface area contributed by atoms with Gasteiger partial charge in [-0.1, -0.05) is 0 Å². The van der Waals surface area contributed by atoms with Crippen molar-refractivity contribution in [2.24, 2.45) is 4.99 Å². The van der Waals surface area contributed by atoms with Crippen molar-refractivity contribution >= 4 is 12.1 Å². The van der Waals surface area contributed by atoms with Gasteiger partial charge < -0.3 is 20.3 Å². The first-order valence-electron chi connectivity index (χ1n) is 8.18. The Balaban J connectivity index is 2.18. The second kappa shape index (κ2) is 9.79. The number of hydrogen-bond acceptors (Lipinski definition) is 4. The summed E-state index contributed by atoms with van der Waals surface area (Å²) in [6.07, 6.45) is 4.33. The van der Waals surface area contributed by atoms with Crippen LogP contribution in [0.1, 0.15) is 27.2 Å². The zero-order valence-electron chi connectivity index (χ0n) is 15.4. The van der Waals surface area contributed by atoms with Crippen LogP contribution in [-0.4, -0.2) is 66.1 Å². The fraction of sp³-hybridized carbons (Fsp3) is 0.688. The van der Waals surface area contributed by atoms with Gasteiger partial charge in [-0.15, -0.1) is 0 Å². The summed E-state index contributed by atoms with van der Waals surface area (Å²) in [5.41, 5.74) is -0.481. The van der Waals surface area contributed by atoms with E-state index in [2.05, 4.69) is 20.7 Å². The summed E-state index contributed by atoms with van der Waals surface area (Å²) in [6, 6.07) is 1.91. The molecule has 1 aromatic heterocycles. The SMILES string of the molecule is CN=C(NCCCn1cccn1)NCCN(C)C(=O)OC(C)(C)C. The monoisotopic (exact) mass is 338 g/mol. The summed E-state index contributed by atoms with van der Waals surface area (Å²) in [5, 5.41) is 10.6. The number of carbonyl (C=O) groups is 1. The third-order valence-electron chi connectivity index (χ3n) is 3.08. The Morgan fingerprint density at radius 2 is 2.04 bits per heavy atom. The zero-order chi connectivity index (χ0) is 18.0. The number of nitrogens with zero attached hydrogens (tertiary/aromatic N) is 4. The molecule has 1 heterocycles. The van der Waals surface area contributed by atoms with Crippen LogP contribution in [0.25, 0.3) is 0 Å². The summed E-state index contributed by atoms with van der Waals surface area (Å²) in [7, 11) is 3.44. The van der Waals surface area contributed by atoms with Gasteiger partial charge in [0.15, 0.2) is 5.96 Å². The second-order valence-corrected chi connectivity index (χ2v) is 6.45. The maximum atomic E-state index is 11.8. The molecular weight excluding hydrogens is 308 g/mol. The second-order valence-electron chi connectivity index (χ2n) is 6.45. The lowest BCUT2D eigenvalue weighted by atomic mass is 10.2. The average Bonchev–Trinajstić information content (AvgIpc) is 3.01. The normalized spacial score (nSPS) is 12.0. The van der Waals surface area contributed by atoms with Gasteiger partial charge in [-0.3, -0.25) is 9.67 Å². The molecule has 0 saturated heterocycles. The van der Waals surface area contributed by atoms with Gasteiger partial charge in [0.25, 0.3) is 0 Å². The molecule has 0 aliphatic rings. The van der Waals surface area contributed by atoms with Crippen LogP contribution in [0.4, 0.5) is 4.79 Å². The number of amides is 1. The van der Waals surface area contributed by atoms with Crippen molar-refractivity contribution in [3.63, 3.8) is 0 Å². The first-order valence-corrected chi connectivity index (χ1v) is 8.18. The fourth-order valence-corrected chi connectivity index (χ4v) is 1.87. The van der Waals surface area contributed by atoms with Crippen molar-refractivity contribution in [3.8, 4) is 0 Å². The molecular formula is C16H30N6O2. The van der Waals surface area contributed by atoms with Crippen molar-refractivity contribution < 1.29 is 9.53 Å². The molecule has 24 heavy (non-hydrogen) atoms. The number of aromatic nitrogens is 2. The summed E-state index contributed by atoms with van der Waals surface area (Å²) in [6.45, 7) is 8.33. The molecule has 0 aliphatic heterocycles. The van der Waals surface area contributed by atoms with E-state index in [0.29, 0.717) is 19.0 Å². The minimum atomic E-state index is -0.481. The predicted molar refractivity (Wildman–Crippen MR) is 95.1 cm³/mol. The average molecular weight is 338 g/mol. The highest BCUT2D eigenvalue weighted by Gasteiger charge is 2.19. The highest BCUT2D eigenvalue weighted by molar-refractivity contribution is 5.79. The van der Waals surface area contributed by atoms with E-state index >= 15 is 0 Å². The lowest BCUT2D eigenvalue weighted by Crippen LogP contribution is -2.43. The van der Waals surface area contributed by atoms with Gasteiger partial charge in [-0.05, 0) is 33.3 Å². The molecule has 8 nitrogen and oxygen atoms in total. The number of rotatable bonds is 7. The lowest BCUT2D eigenvalue weighted by molar-refractivity contribution is 0.0302. The molecule has 0 radical (unpaired) electrons. The molecule has 0 unspecified atom stereocenters. The number of nitrogens with one attached hydrogen (secondary N) is 2. The number of aryl methyl sites for hydroxylation is 1. The maximum absolute atomic E-state index is 11.8. The van der Waals surface area contributed by atoms with Crippen LogP contribution in [0.2, 0.25) is 0 Å². The van der Waals surface area contributed by atoms with E-state index in [1.54, 1.807) is 25.2 Å². The number of guanidine groups is 1. The first-order chi connectivity index (χ1) is 11.3. The lowest BCUT2D eigenvalue weighted by Gasteiger charge is -2.24. The van der Waals surface area contributed by atoms with Gasteiger partial charge in [0, 0.05) is 52.7 Å². The molecule has 1 rings (SSSR count). The van der Waals surface area contributed by atoms with Crippen molar-refractivity contribution in [2.45, 2.75) is 39.3 Å². The van der Waals surface area contributed by atoms with Crippen LogP contribution >= 0.6 is 0 Å². The van der Waals surface area contributed by atoms with Crippen LogP contribution in [-0.2, 0) is 11.3 Å². The standard InChI is InChI=1S/C16H30N6O2/c1-16(2,3)24-15(23)21(5)13-10-19-14(17-4)18-8-6-11-22-12-7-9-20-22/h7,9,12H,6,8,10-11,13H2,1-5H3,(H2,17,18,19). The Bertz CT molecular complexity index is 507. The summed E-state index contributed by atoms with van der Waals surface area (Å²) >= 11 is 0. The molecule has 0 aliphatic carbocycles. The summed E-state index contributed by atoms with van der Waals surface area (Å²) < 4.78 is 7.20. The topological polar surface area (TPSA) is 83.8 Å². The Labute approximate surface area is 144 Å². The summed E-state index contributed by atoms with van der Waals surface area (Å²) in [4.78, 5) is 17.6. The van der Waals surface area contributed by atoms with Crippen LogP contribution < -0.4 is 10.6 Å².